The Labute approximate surface area is 121 Å². The third-order valence-corrected chi connectivity index (χ3v) is 3.27. The minimum absolute atomic E-state index is 0.506. The first-order valence-corrected chi connectivity index (χ1v) is 6.71. The summed E-state index contributed by atoms with van der Waals surface area (Å²) in [6.07, 6.45) is 2.34. The van der Waals surface area contributed by atoms with Crippen molar-refractivity contribution in [2.45, 2.75) is 26.8 Å². The van der Waals surface area contributed by atoms with E-state index in [4.69, 9.17) is 14.7 Å². The van der Waals surface area contributed by atoms with Crippen LogP contribution in [0.15, 0.2) is 6.20 Å². The van der Waals surface area contributed by atoms with Crippen LogP contribution in [0.3, 0.4) is 0 Å². The van der Waals surface area contributed by atoms with Gasteiger partial charge in [-0.05, 0) is 13.8 Å². The molecule has 0 atom stereocenters. The molecule has 5 heteroatoms. The van der Waals surface area contributed by atoms with Crippen LogP contribution in [0.4, 0.5) is 0 Å². The van der Waals surface area contributed by atoms with E-state index in [9.17, 15) is 0 Å². The first-order chi connectivity index (χ1) is 9.63. The highest BCUT2D eigenvalue weighted by molar-refractivity contribution is 5.41. The van der Waals surface area contributed by atoms with Gasteiger partial charge in [0.2, 0.25) is 0 Å². The van der Waals surface area contributed by atoms with Gasteiger partial charge in [-0.25, -0.2) is 0 Å². The van der Waals surface area contributed by atoms with E-state index in [-0.39, 0.29) is 0 Å². The highest BCUT2D eigenvalue weighted by Gasteiger charge is 2.13. The normalized spacial score (nSPS) is 10.6. The molecule has 0 radical (unpaired) electrons. The van der Waals surface area contributed by atoms with E-state index in [1.807, 2.05) is 20.0 Å². The largest absolute Gasteiger partial charge is 0.496 e. The fourth-order valence-electron chi connectivity index (χ4n) is 2.14. The average molecular weight is 277 g/mol. The molecule has 0 fully saturated rings. The van der Waals surface area contributed by atoms with Gasteiger partial charge in [0, 0.05) is 50.5 Å². The van der Waals surface area contributed by atoms with Crippen molar-refractivity contribution in [1.29, 1.82) is 5.26 Å². The second-order valence-electron chi connectivity index (χ2n) is 4.72. The van der Waals surface area contributed by atoms with E-state index >= 15 is 0 Å². The van der Waals surface area contributed by atoms with Gasteiger partial charge in [-0.1, -0.05) is 0 Å². The van der Waals surface area contributed by atoms with Crippen molar-refractivity contribution in [3.05, 3.63) is 23.0 Å². The van der Waals surface area contributed by atoms with Gasteiger partial charge in [0.1, 0.15) is 5.75 Å². The van der Waals surface area contributed by atoms with Crippen molar-refractivity contribution < 1.29 is 9.47 Å². The Morgan fingerprint density at radius 2 is 2.05 bits per heavy atom. The Hall–Kier alpha value is -1.64. The molecule has 0 aliphatic carbocycles. The number of ether oxygens (including phenoxy) is 2. The second-order valence-corrected chi connectivity index (χ2v) is 4.72. The first kappa shape index (κ1) is 16.4. The summed E-state index contributed by atoms with van der Waals surface area (Å²) in [5.41, 5.74) is 3.09. The Bertz CT molecular complexity index is 469. The number of hydrogen-bond donors (Lipinski definition) is 0. The third-order valence-electron chi connectivity index (χ3n) is 3.27. The molecule has 110 valence electrons. The van der Waals surface area contributed by atoms with Crippen molar-refractivity contribution >= 4 is 0 Å². The number of aromatic nitrogens is 1. The van der Waals surface area contributed by atoms with Crippen LogP contribution < -0.4 is 4.74 Å². The molecule has 0 aromatic carbocycles. The number of nitrogens with zero attached hydrogens (tertiary/aromatic N) is 3. The van der Waals surface area contributed by atoms with Crippen molar-refractivity contribution in [1.82, 2.24) is 9.88 Å². The molecule has 20 heavy (non-hydrogen) atoms. The number of pyridine rings is 1. The maximum atomic E-state index is 8.74. The van der Waals surface area contributed by atoms with Gasteiger partial charge in [-0.2, -0.15) is 5.26 Å². The van der Waals surface area contributed by atoms with Gasteiger partial charge in [0.15, 0.2) is 0 Å². The van der Waals surface area contributed by atoms with Gasteiger partial charge < -0.3 is 9.47 Å². The molecule has 0 unspecified atom stereocenters. The molecular formula is C15H23N3O2. The van der Waals surface area contributed by atoms with Crippen molar-refractivity contribution in [3.8, 4) is 11.8 Å². The Kier molecular flexibility index (Phi) is 6.99. The van der Waals surface area contributed by atoms with E-state index in [2.05, 4.69) is 16.0 Å². The number of methoxy groups -OCH3 is 2. The van der Waals surface area contributed by atoms with Crippen LogP contribution in [0.25, 0.3) is 0 Å². The molecule has 0 aliphatic heterocycles. The average Bonchev–Trinajstić information content (AvgIpc) is 2.45. The molecule has 0 bridgehead atoms. The second kappa shape index (κ2) is 8.51. The van der Waals surface area contributed by atoms with Crippen LogP contribution >= 0.6 is 0 Å². The summed E-state index contributed by atoms with van der Waals surface area (Å²) in [6, 6.07) is 2.18. The molecule has 0 N–H and O–H groups in total. The molecule has 0 spiro atoms. The summed E-state index contributed by atoms with van der Waals surface area (Å²) in [5, 5.41) is 8.74. The molecule has 1 aromatic heterocycles. The van der Waals surface area contributed by atoms with Crippen molar-refractivity contribution in [3.63, 3.8) is 0 Å². The highest BCUT2D eigenvalue weighted by Crippen LogP contribution is 2.24. The summed E-state index contributed by atoms with van der Waals surface area (Å²) < 4.78 is 10.5. The highest BCUT2D eigenvalue weighted by atomic mass is 16.5. The summed E-state index contributed by atoms with van der Waals surface area (Å²) in [4.78, 5) is 6.67. The zero-order chi connectivity index (χ0) is 15.0. The molecule has 5 nitrogen and oxygen atoms in total. The summed E-state index contributed by atoms with van der Waals surface area (Å²) in [7, 11) is 3.36. The van der Waals surface area contributed by atoms with Crippen LogP contribution in [-0.4, -0.2) is 43.8 Å². The molecule has 0 amide bonds. The molecule has 0 saturated carbocycles. The van der Waals surface area contributed by atoms with E-state index in [0.717, 1.165) is 35.7 Å². The maximum absolute atomic E-state index is 8.74. The topological polar surface area (TPSA) is 58.4 Å². The van der Waals surface area contributed by atoms with E-state index in [1.54, 1.807) is 14.2 Å². The van der Waals surface area contributed by atoms with Gasteiger partial charge in [-0.3, -0.25) is 9.88 Å². The lowest BCUT2D eigenvalue weighted by Crippen LogP contribution is -2.28. The quantitative estimate of drug-likeness (QED) is 0.728. The van der Waals surface area contributed by atoms with Crippen LogP contribution in [-0.2, 0) is 11.3 Å². The van der Waals surface area contributed by atoms with Crippen LogP contribution in [0.2, 0.25) is 0 Å². The predicted molar refractivity (Wildman–Crippen MR) is 77.6 cm³/mol. The zero-order valence-electron chi connectivity index (χ0n) is 12.8. The maximum Gasteiger partial charge on any atom is 0.128 e. The van der Waals surface area contributed by atoms with Crippen LogP contribution in [0.5, 0.6) is 5.75 Å². The zero-order valence-corrected chi connectivity index (χ0v) is 12.8. The monoisotopic (exact) mass is 277 g/mol. The van der Waals surface area contributed by atoms with Gasteiger partial charge in [0.25, 0.3) is 0 Å². The van der Waals surface area contributed by atoms with Gasteiger partial charge in [0.05, 0.1) is 25.5 Å². The lowest BCUT2D eigenvalue weighted by atomic mass is 10.1. The standard InChI is InChI=1S/C15H23N3O2/c1-12-10-17-14(13(2)15(12)20-4)11-18(7-5-6-16)8-9-19-3/h10H,5,7-9,11H2,1-4H3. The summed E-state index contributed by atoms with van der Waals surface area (Å²) >= 11 is 0. The minimum atomic E-state index is 0.506. The Morgan fingerprint density at radius 1 is 1.30 bits per heavy atom. The molecule has 1 aromatic rings. The molecule has 0 aliphatic rings. The Balaban J connectivity index is 2.84. The fourth-order valence-corrected chi connectivity index (χ4v) is 2.14. The summed E-state index contributed by atoms with van der Waals surface area (Å²) in [5.74, 6) is 0.891. The molecule has 1 rings (SSSR count). The Morgan fingerprint density at radius 3 is 2.65 bits per heavy atom. The van der Waals surface area contributed by atoms with Gasteiger partial charge >= 0.3 is 0 Å². The van der Waals surface area contributed by atoms with E-state index < -0.39 is 0 Å². The molecule has 0 saturated heterocycles. The molecule has 1 heterocycles. The fraction of sp³-hybridized carbons (Fsp3) is 0.600. The minimum Gasteiger partial charge on any atom is -0.496 e. The third kappa shape index (κ3) is 4.48. The number of hydrogen-bond acceptors (Lipinski definition) is 5. The van der Waals surface area contributed by atoms with E-state index in [1.165, 1.54) is 0 Å². The van der Waals surface area contributed by atoms with Crippen LogP contribution in [0.1, 0.15) is 23.2 Å². The smallest absolute Gasteiger partial charge is 0.128 e. The molecular weight excluding hydrogens is 254 g/mol. The number of rotatable bonds is 8. The summed E-state index contributed by atoms with van der Waals surface area (Å²) in [6.45, 7) is 6.86. The van der Waals surface area contributed by atoms with Gasteiger partial charge in [-0.15, -0.1) is 0 Å². The van der Waals surface area contributed by atoms with E-state index in [0.29, 0.717) is 19.6 Å². The number of nitriles is 1. The predicted octanol–water partition coefficient (Wildman–Crippen LogP) is 2.07. The SMILES string of the molecule is COCCN(CCC#N)Cc1ncc(C)c(OC)c1C. The van der Waals surface area contributed by atoms with Crippen LogP contribution in [0, 0.1) is 25.2 Å². The van der Waals surface area contributed by atoms with Crippen molar-refractivity contribution in [2.24, 2.45) is 0 Å². The number of aryl methyl sites for hydroxylation is 1. The van der Waals surface area contributed by atoms with Crippen molar-refractivity contribution in [2.75, 3.05) is 33.9 Å². The lowest BCUT2D eigenvalue weighted by Gasteiger charge is -2.22. The lowest BCUT2D eigenvalue weighted by molar-refractivity contribution is 0.144. The first-order valence-electron chi connectivity index (χ1n) is 6.71.